The Morgan fingerprint density at radius 2 is 1.85 bits per heavy atom. The van der Waals surface area contributed by atoms with Crippen LogP contribution in [0.3, 0.4) is 0 Å². The molecule has 1 fully saturated rings. The van der Waals surface area contributed by atoms with Crippen molar-refractivity contribution in [3.63, 3.8) is 0 Å². The number of aliphatic hydroxyl groups is 5. The van der Waals surface area contributed by atoms with Crippen LogP contribution in [0.25, 0.3) is 0 Å². The summed E-state index contributed by atoms with van der Waals surface area (Å²) in [6, 6.07) is 0. The van der Waals surface area contributed by atoms with Crippen molar-refractivity contribution in [2.45, 2.75) is 77.0 Å². The van der Waals surface area contributed by atoms with Gasteiger partial charge in [-0.2, -0.15) is 0 Å². The molecule has 0 aromatic carbocycles. The van der Waals surface area contributed by atoms with Gasteiger partial charge >= 0.3 is 0 Å². The second kappa shape index (κ2) is 8.48. The summed E-state index contributed by atoms with van der Waals surface area (Å²) in [7, 11) is 0. The van der Waals surface area contributed by atoms with Crippen LogP contribution in [0, 0.1) is 5.41 Å². The van der Waals surface area contributed by atoms with Crippen LogP contribution in [0.4, 0.5) is 0 Å². The highest BCUT2D eigenvalue weighted by atomic mass is 16.7. The number of hydrogen-bond acceptors (Lipinski definition) is 8. The van der Waals surface area contributed by atoms with E-state index < -0.39 is 54.9 Å². The number of ketones is 1. The van der Waals surface area contributed by atoms with E-state index in [1.165, 1.54) is 0 Å². The summed E-state index contributed by atoms with van der Waals surface area (Å²) in [6.07, 6.45) is -4.62. The Morgan fingerprint density at radius 3 is 2.44 bits per heavy atom. The minimum atomic E-state index is -1.50. The largest absolute Gasteiger partial charge is 0.394 e. The maximum atomic E-state index is 11.9. The van der Waals surface area contributed by atoms with Gasteiger partial charge in [0.25, 0.3) is 0 Å². The molecule has 7 unspecified atom stereocenters. The highest BCUT2D eigenvalue weighted by Crippen LogP contribution is 2.39. The predicted octanol–water partition coefficient (Wildman–Crippen LogP) is -0.576. The third-order valence-electron chi connectivity index (χ3n) is 5.31. The smallest absolute Gasteiger partial charge is 0.187 e. The van der Waals surface area contributed by atoms with Crippen LogP contribution in [0.1, 0.15) is 34.1 Å². The maximum Gasteiger partial charge on any atom is 0.187 e. The van der Waals surface area contributed by atoms with Crippen molar-refractivity contribution in [1.29, 1.82) is 0 Å². The molecule has 1 heterocycles. The first kappa shape index (κ1) is 22.2. The van der Waals surface area contributed by atoms with Crippen molar-refractivity contribution in [2.24, 2.45) is 5.41 Å². The van der Waals surface area contributed by atoms with E-state index in [9.17, 15) is 30.3 Å². The molecule has 27 heavy (non-hydrogen) atoms. The van der Waals surface area contributed by atoms with Crippen molar-refractivity contribution < 1.29 is 39.8 Å². The number of carbonyl (C=O) groups is 1. The molecule has 0 saturated carbocycles. The molecule has 8 heteroatoms. The molecule has 2 aliphatic rings. The fourth-order valence-electron chi connectivity index (χ4n) is 3.58. The van der Waals surface area contributed by atoms with Gasteiger partial charge in [0.05, 0.1) is 12.7 Å². The average Bonchev–Trinajstić information content (AvgIpc) is 2.60. The van der Waals surface area contributed by atoms with Gasteiger partial charge in [-0.3, -0.25) is 4.79 Å². The Balaban J connectivity index is 2.09. The van der Waals surface area contributed by atoms with Gasteiger partial charge in [-0.1, -0.05) is 31.6 Å². The van der Waals surface area contributed by atoms with E-state index in [1.807, 2.05) is 6.92 Å². The van der Waals surface area contributed by atoms with Gasteiger partial charge < -0.3 is 35.0 Å². The molecule has 0 aromatic rings. The van der Waals surface area contributed by atoms with E-state index >= 15 is 0 Å². The molecule has 8 nitrogen and oxygen atoms in total. The minimum Gasteiger partial charge on any atom is -0.394 e. The van der Waals surface area contributed by atoms with Crippen LogP contribution in [-0.4, -0.2) is 80.8 Å². The van der Waals surface area contributed by atoms with Crippen LogP contribution in [0.15, 0.2) is 23.3 Å². The molecule has 0 bridgehead atoms. The molecule has 7 atom stereocenters. The van der Waals surface area contributed by atoms with E-state index in [2.05, 4.69) is 0 Å². The summed E-state index contributed by atoms with van der Waals surface area (Å²) in [5, 5.41) is 49.0. The van der Waals surface area contributed by atoms with Crippen LogP contribution < -0.4 is 0 Å². The standard InChI is InChI=1S/C19H30O8/c1-9-7-12(21)17(25)19(3,4)11(9)6-5-10(2)26-18-16(24)15(23)14(22)13(8-20)27-18/h5-6,10,13-18,20,22-25H,7-8H2,1-4H3. The van der Waals surface area contributed by atoms with E-state index in [0.717, 1.165) is 11.1 Å². The maximum absolute atomic E-state index is 11.9. The summed E-state index contributed by atoms with van der Waals surface area (Å²) >= 11 is 0. The number of allylic oxidation sites excluding steroid dienone is 2. The van der Waals surface area contributed by atoms with Gasteiger partial charge in [-0.25, -0.2) is 0 Å². The monoisotopic (exact) mass is 386 g/mol. The quantitative estimate of drug-likeness (QED) is 0.423. The molecule has 1 aliphatic heterocycles. The SMILES string of the molecule is CC1=C(C=CC(C)OC2OC(CO)C(O)C(O)C2O)C(C)(C)C(O)C(=O)C1. The molecule has 5 N–H and O–H groups in total. The van der Waals surface area contributed by atoms with Crippen molar-refractivity contribution in [3.8, 4) is 0 Å². The number of hydrogen-bond donors (Lipinski definition) is 5. The van der Waals surface area contributed by atoms with Crippen molar-refractivity contribution in [2.75, 3.05) is 6.61 Å². The van der Waals surface area contributed by atoms with E-state index in [-0.39, 0.29) is 12.2 Å². The number of carbonyl (C=O) groups excluding carboxylic acids is 1. The topological polar surface area (TPSA) is 137 Å². The number of ether oxygens (including phenoxy) is 2. The van der Waals surface area contributed by atoms with Gasteiger partial charge in [0.1, 0.15) is 30.5 Å². The molecule has 0 amide bonds. The third kappa shape index (κ3) is 4.48. The van der Waals surface area contributed by atoms with Gasteiger partial charge in [0, 0.05) is 11.8 Å². The highest BCUT2D eigenvalue weighted by molar-refractivity contribution is 5.88. The van der Waals surface area contributed by atoms with Crippen molar-refractivity contribution in [1.82, 2.24) is 0 Å². The summed E-state index contributed by atoms with van der Waals surface area (Å²) in [5.41, 5.74) is 0.962. The molecule has 2 rings (SSSR count). The van der Waals surface area contributed by atoms with E-state index in [1.54, 1.807) is 32.9 Å². The summed E-state index contributed by atoms with van der Waals surface area (Å²) < 4.78 is 10.9. The zero-order chi connectivity index (χ0) is 20.5. The zero-order valence-electron chi connectivity index (χ0n) is 16.1. The second-order valence-electron chi connectivity index (χ2n) is 7.86. The highest BCUT2D eigenvalue weighted by Gasteiger charge is 2.44. The first-order valence-electron chi connectivity index (χ1n) is 9.05. The normalized spacial score (nSPS) is 38.5. The van der Waals surface area contributed by atoms with Gasteiger partial charge in [-0.15, -0.1) is 0 Å². The number of aliphatic hydroxyl groups excluding tert-OH is 5. The molecule has 0 radical (unpaired) electrons. The fraction of sp³-hybridized carbons (Fsp3) is 0.737. The lowest BCUT2D eigenvalue weighted by Crippen LogP contribution is -2.59. The van der Waals surface area contributed by atoms with Crippen molar-refractivity contribution >= 4 is 5.78 Å². The third-order valence-corrected chi connectivity index (χ3v) is 5.31. The Morgan fingerprint density at radius 1 is 1.22 bits per heavy atom. The molecule has 0 aromatic heterocycles. The van der Waals surface area contributed by atoms with Gasteiger partial charge in [0.2, 0.25) is 0 Å². The van der Waals surface area contributed by atoms with Crippen LogP contribution in [-0.2, 0) is 14.3 Å². The lowest BCUT2D eigenvalue weighted by molar-refractivity contribution is -0.306. The van der Waals surface area contributed by atoms with E-state index in [0.29, 0.717) is 0 Å². The predicted molar refractivity (Wildman–Crippen MR) is 95.6 cm³/mol. The average molecular weight is 386 g/mol. The second-order valence-corrected chi connectivity index (χ2v) is 7.86. The summed E-state index contributed by atoms with van der Waals surface area (Å²) in [4.78, 5) is 11.9. The van der Waals surface area contributed by atoms with E-state index in [4.69, 9.17) is 9.47 Å². The summed E-state index contributed by atoms with van der Waals surface area (Å²) in [6.45, 7) is 6.60. The molecule has 0 spiro atoms. The molecule has 1 saturated heterocycles. The molecule has 1 aliphatic carbocycles. The number of rotatable bonds is 5. The first-order valence-corrected chi connectivity index (χ1v) is 9.05. The summed E-state index contributed by atoms with van der Waals surface area (Å²) in [5.74, 6) is -0.208. The van der Waals surface area contributed by atoms with Crippen LogP contribution in [0.5, 0.6) is 0 Å². The Labute approximate surface area is 158 Å². The zero-order valence-corrected chi connectivity index (χ0v) is 16.1. The fourth-order valence-corrected chi connectivity index (χ4v) is 3.58. The van der Waals surface area contributed by atoms with Crippen LogP contribution in [0.2, 0.25) is 0 Å². The molecular formula is C19H30O8. The van der Waals surface area contributed by atoms with Crippen molar-refractivity contribution in [3.05, 3.63) is 23.3 Å². The molecular weight excluding hydrogens is 356 g/mol. The number of Topliss-reactive ketones (excluding diaryl/α,β-unsaturated/α-hetero) is 1. The first-order chi connectivity index (χ1) is 12.5. The Kier molecular flexibility index (Phi) is 6.96. The van der Waals surface area contributed by atoms with Crippen LogP contribution >= 0.6 is 0 Å². The Hall–Kier alpha value is -1.13. The molecule has 154 valence electrons. The lowest BCUT2D eigenvalue weighted by Gasteiger charge is -2.40. The minimum absolute atomic E-state index is 0.187. The van der Waals surface area contributed by atoms with Gasteiger partial charge in [0.15, 0.2) is 12.1 Å². The van der Waals surface area contributed by atoms with Gasteiger partial charge in [-0.05, 0) is 19.4 Å². The lowest BCUT2D eigenvalue weighted by atomic mass is 9.70. The Bertz CT molecular complexity index is 609.